The first-order valence-electron chi connectivity index (χ1n) is 6.33. The zero-order valence-corrected chi connectivity index (χ0v) is 11.8. The fourth-order valence-corrected chi connectivity index (χ4v) is 2.42. The van der Waals surface area contributed by atoms with Crippen LogP contribution < -0.4 is 5.32 Å². The number of carbonyl (C=O) groups excluding carboxylic acids is 1. The van der Waals surface area contributed by atoms with Crippen molar-refractivity contribution in [3.8, 4) is 0 Å². The number of thioether (sulfide) groups is 1. The predicted molar refractivity (Wildman–Crippen MR) is 76.3 cm³/mol. The lowest BCUT2D eigenvalue weighted by atomic mass is 10.2. The SMILES string of the molecule is CC[C@@H](NC(=O)CCCSc1ccccc1)C(=O)O. The summed E-state index contributed by atoms with van der Waals surface area (Å²) in [6.45, 7) is 1.74. The van der Waals surface area contributed by atoms with Gasteiger partial charge >= 0.3 is 5.97 Å². The molecule has 0 aliphatic carbocycles. The molecule has 0 aromatic heterocycles. The monoisotopic (exact) mass is 281 g/mol. The zero-order chi connectivity index (χ0) is 14.1. The summed E-state index contributed by atoms with van der Waals surface area (Å²) in [7, 11) is 0. The molecule has 0 aliphatic rings. The van der Waals surface area contributed by atoms with Crippen LogP contribution in [0.2, 0.25) is 0 Å². The smallest absolute Gasteiger partial charge is 0.326 e. The number of carboxylic acid groups (broad SMARTS) is 1. The van der Waals surface area contributed by atoms with Crippen LogP contribution in [0.15, 0.2) is 35.2 Å². The second-order valence-electron chi connectivity index (χ2n) is 4.13. The van der Waals surface area contributed by atoms with Crippen LogP contribution in [-0.2, 0) is 9.59 Å². The highest BCUT2D eigenvalue weighted by Gasteiger charge is 2.16. The van der Waals surface area contributed by atoms with E-state index in [1.165, 1.54) is 4.90 Å². The molecule has 1 atom stereocenters. The molecule has 1 aromatic rings. The number of carboxylic acids is 1. The molecule has 0 bridgehead atoms. The van der Waals surface area contributed by atoms with Crippen LogP contribution in [0.4, 0.5) is 0 Å². The lowest BCUT2D eigenvalue weighted by Gasteiger charge is -2.11. The van der Waals surface area contributed by atoms with E-state index in [0.717, 1.165) is 12.2 Å². The summed E-state index contributed by atoms with van der Waals surface area (Å²) < 4.78 is 0. The van der Waals surface area contributed by atoms with Crippen molar-refractivity contribution in [2.24, 2.45) is 0 Å². The Balaban J connectivity index is 2.19. The summed E-state index contributed by atoms with van der Waals surface area (Å²) in [5.74, 6) is -0.321. The Labute approximate surface area is 117 Å². The van der Waals surface area contributed by atoms with E-state index in [-0.39, 0.29) is 5.91 Å². The van der Waals surface area contributed by atoms with E-state index in [2.05, 4.69) is 5.32 Å². The Morgan fingerprint density at radius 1 is 1.32 bits per heavy atom. The first-order valence-corrected chi connectivity index (χ1v) is 7.32. The second-order valence-corrected chi connectivity index (χ2v) is 5.30. The second kappa shape index (κ2) is 8.58. The zero-order valence-electron chi connectivity index (χ0n) is 11.0. The first-order chi connectivity index (χ1) is 9.13. The van der Waals surface area contributed by atoms with Gasteiger partial charge in [0.1, 0.15) is 6.04 Å². The highest BCUT2D eigenvalue weighted by Crippen LogP contribution is 2.18. The molecule has 1 rings (SSSR count). The molecule has 0 saturated heterocycles. The maximum Gasteiger partial charge on any atom is 0.326 e. The van der Waals surface area contributed by atoms with Crippen molar-refractivity contribution in [2.45, 2.75) is 37.1 Å². The van der Waals surface area contributed by atoms with E-state index in [9.17, 15) is 9.59 Å². The van der Waals surface area contributed by atoms with Gasteiger partial charge in [0, 0.05) is 11.3 Å². The van der Waals surface area contributed by atoms with Gasteiger partial charge in [0.05, 0.1) is 0 Å². The van der Waals surface area contributed by atoms with Crippen molar-refractivity contribution < 1.29 is 14.7 Å². The molecule has 1 amide bonds. The van der Waals surface area contributed by atoms with Crippen LogP contribution >= 0.6 is 11.8 Å². The summed E-state index contributed by atoms with van der Waals surface area (Å²) in [6, 6.07) is 9.22. The van der Waals surface area contributed by atoms with E-state index in [1.54, 1.807) is 18.7 Å². The maximum atomic E-state index is 11.5. The highest BCUT2D eigenvalue weighted by atomic mass is 32.2. The number of hydrogen-bond acceptors (Lipinski definition) is 3. The minimum absolute atomic E-state index is 0.192. The van der Waals surface area contributed by atoms with Crippen molar-refractivity contribution in [1.29, 1.82) is 0 Å². The van der Waals surface area contributed by atoms with E-state index < -0.39 is 12.0 Å². The van der Waals surface area contributed by atoms with Crippen LogP contribution in [0.25, 0.3) is 0 Å². The Kier molecular flexibility index (Phi) is 7.03. The molecule has 4 nitrogen and oxygen atoms in total. The number of aliphatic carboxylic acids is 1. The van der Waals surface area contributed by atoms with E-state index in [0.29, 0.717) is 12.8 Å². The summed E-state index contributed by atoms with van der Waals surface area (Å²) in [5, 5.41) is 11.3. The van der Waals surface area contributed by atoms with E-state index in [1.807, 2.05) is 30.3 Å². The van der Waals surface area contributed by atoms with Crippen LogP contribution in [0.1, 0.15) is 26.2 Å². The van der Waals surface area contributed by atoms with Crippen LogP contribution in [0.3, 0.4) is 0 Å². The minimum atomic E-state index is -0.977. The number of benzene rings is 1. The summed E-state index contributed by atoms with van der Waals surface area (Å²) in [5.41, 5.74) is 0. The molecule has 0 spiro atoms. The molecular formula is C14H19NO3S. The van der Waals surface area contributed by atoms with Gasteiger partial charge in [-0.15, -0.1) is 11.8 Å². The molecule has 2 N–H and O–H groups in total. The molecular weight excluding hydrogens is 262 g/mol. The molecule has 1 aromatic carbocycles. The Hall–Kier alpha value is -1.49. The van der Waals surface area contributed by atoms with Gasteiger partial charge in [0.15, 0.2) is 0 Å². The average molecular weight is 281 g/mol. The lowest BCUT2D eigenvalue weighted by molar-refractivity contribution is -0.141. The minimum Gasteiger partial charge on any atom is -0.480 e. The molecule has 104 valence electrons. The van der Waals surface area contributed by atoms with Crippen LogP contribution in [-0.4, -0.2) is 28.8 Å². The van der Waals surface area contributed by atoms with Crippen molar-refractivity contribution in [2.75, 3.05) is 5.75 Å². The molecule has 0 unspecified atom stereocenters. The molecule has 0 radical (unpaired) electrons. The number of amides is 1. The van der Waals surface area contributed by atoms with Gasteiger partial charge in [-0.25, -0.2) is 4.79 Å². The normalized spacial score (nSPS) is 11.8. The molecule has 5 heteroatoms. The van der Waals surface area contributed by atoms with E-state index >= 15 is 0 Å². The fourth-order valence-electron chi connectivity index (χ4n) is 1.54. The van der Waals surface area contributed by atoms with Gasteiger partial charge in [0.2, 0.25) is 5.91 Å². The first kappa shape index (κ1) is 15.6. The van der Waals surface area contributed by atoms with Crippen molar-refractivity contribution in [1.82, 2.24) is 5.32 Å². The van der Waals surface area contributed by atoms with Crippen LogP contribution in [0.5, 0.6) is 0 Å². The fraction of sp³-hybridized carbons (Fsp3) is 0.429. The standard InChI is InChI=1S/C14H19NO3S/c1-2-12(14(17)18)15-13(16)9-6-10-19-11-7-4-3-5-8-11/h3-5,7-8,12H,2,6,9-10H2,1H3,(H,15,16)(H,17,18)/t12-/m1/s1. The summed E-state index contributed by atoms with van der Waals surface area (Å²) in [4.78, 5) is 23.5. The van der Waals surface area contributed by atoms with Gasteiger partial charge in [0.25, 0.3) is 0 Å². The number of nitrogens with one attached hydrogen (secondary N) is 1. The highest BCUT2D eigenvalue weighted by molar-refractivity contribution is 7.99. The molecule has 0 saturated carbocycles. The number of rotatable bonds is 8. The molecule has 0 fully saturated rings. The predicted octanol–water partition coefficient (Wildman–Crippen LogP) is 2.54. The molecule has 19 heavy (non-hydrogen) atoms. The summed E-state index contributed by atoms with van der Waals surface area (Å²) >= 11 is 1.70. The third-order valence-corrected chi connectivity index (χ3v) is 3.70. The largest absolute Gasteiger partial charge is 0.480 e. The third kappa shape index (κ3) is 6.29. The van der Waals surface area contributed by atoms with Gasteiger partial charge in [-0.05, 0) is 30.7 Å². The molecule has 0 aliphatic heterocycles. The van der Waals surface area contributed by atoms with Crippen molar-refractivity contribution in [3.05, 3.63) is 30.3 Å². The van der Waals surface area contributed by atoms with E-state index in [4.69, 9.17) is 5.11 Å². The van der Waals surface area contributed by atoms with Gasteiger partial charge < -0.3 is 10.4 Å². The van der Waals surface area contributed by atoms with Crippen molar-refractivity contribution in [3.63, 3.8) is 0 Å². The Morgan fingerprint density at radius 2 is 2.00 bits per heavy atom. The summed E-state index contributed by atoms with van der Waals surface area (Å²) in [6.07, 6.45) is 1.50. The Bertz CT molecular complexity index is 408. The quantitative estimate of drug-likeness (QED) is 0.567. The number of carbonyl (C=O) groups is 2. The molecule has 0 heterocycles. The maximum absolute atomic E-state index is 11.5. The lowest BCUT2D eigenvalue weighted by Crippen LogP contribution is -2.40. The van der Waals surface area contributed by atoms with Crippen molar-refractivity contribution >= 4 is 23.6 Å². The van der Waals surface area contributed by atoms with Crippen LogP contribution in [0, 0.1) is 0 Å². The number of hydrogen-bond donors (Lipinski definition) is 2. The van der Waals surface area contributed by atoms with Gasteiger partial charge in [-0.2, -0.15) is 0 Å². The van der Waals surface area contributed by atoms with Gasteiger partial charge in [-0.1, -0.05) is 25.1 Å². The third-order valence-electron chi connectivity index (χ3n) is 2.60. The Morgan fingerprint density at radius 3 is 2.58 bits per heavy atom. The van der Waals surface area contributed by atoms with Gasteiger partial charge in [-0.3, -0.25) is 4.79 Å². The topological polar surface area (TPSA) is 66.4 Å². The average Bonchev–Trinajstić information content (AvgIpc) is 2.42.